The Morgan fingerprint density at radius 3 is 2.65 bits per heavy atom. The Labute approximate surface area is 157 Å². The Morgan fingerprint density at radius 1 is 1.23 bits per heavy atom. The standard InChI is InChI=1S/C20H23N3O2S/c1-14-9-10-18(25-14)17(23(2)3)12-21-20(24)16-13-26-19(22-16)11-15-7-5-4-6-8-15/h4-10,13,17H,11-12H2,1-3H3,(H,21,24)/t17-/m0/s1. The van der Waals surface area contributed by atoms with E-state index >= 15 is 0 Å². The van der Waals surface area contributed by atoms with Crippen LogP contribution in [0.1, 0.15) is 38.6 Å². The molecule has 0 aliphatic rings. The van der Waals surface area contributed by atoms with E-state index in [1.165, 1.54) is 16.9 Å². The fourth-order valence-corrected chi connectivity index (χ4v) is 3.53. The van der Waals surface area contributed by atoms with Gasteiger partial charge in [-0.25, -0.2) is 4.98 Å². The fraction of sp³-hybridized carbons (Fsp3) is 0.300. The average molecular weight is 369 g/mol. The minimum atomic E-state index is -0.157. The van der Waals surface area contributed by atoms with Crippen molar-refractivity contribution >= 4 is 17.2 Å². The molecule has 2 heterocycles. The normalized spacial score (nSPS) is 12.3. The second-order valence-corrected chi connectivity index (χ2v) is 7.37. The molecular weight excluding hydrogens is 346 g/mol. The predicted molar refractivity (Wildman–Crippen MR) is 104 cm³/mol. The number of nitrogens with one attached hydrogen (secondary N) is 1. The number of rotatable bonds is 7. The summed E-state index contributed by atoms with van der Waals surface area (Å²) in [6.45, 7) is 2.38. The van der Waals surface area contributed by atoms with Gasteiger partial charge in [0.15, 0.2) is 0 Å². The molecule has 0 bridgehead atoms. The molecule has 0 spiro atoms. The van der Waals surface area contributed by atoms with Crippen LogP contribution in [-0.2, 0) is 6.42 Å². The first-order chi connectivity index (χ1) is 12.5. The monoisotopic (exact) mass is 369 g/mol. The zero-order valence-corrected chi connectivity index (χ0v) is 16.0. The van der Waals surface area contributed by atoms with E-state index in [0.717, 1.165) is 22.9 Å². The predicted octanol–water partition coefficient (Wildman–Crippen LogP) is 3.67. The smallest absolute Gasteiger partial charge is 0.270 e. The third-order valence-corrected chi connectivity index (χ3v) is 5.00. The van der Waals surface area contributed by atoms with E-state index in [1.807, 2.05) is 61.6 Å². The molecule has 0 aliphatic heterocycles. The van der Waals surface area contributed by atoms with E-state index in [4.69, 9.17) is 4.42 Å². The summed E-state index contributed by atoms with van der Waals surface area (Å²) in [7, 11) is 3.94. The average Bonchev–Trinajstić information content (AvgIpc) is 3.25. The van der Waals surface area contributed by atoms with Crippen LogP contribution in [-0.4, -0.2) is 36.4 Å². The van der Waals surface area contributed by atoms with E-state index in [9.17, 15) is 4.79 Å². The molecule has 0 saturated heterocycles. The molecule has 2 aromatic heterocycles. The summed E-state index contributed by atoms with van der Waals surface area (Å²) < 4.78 is 5.71. The van der Waals surface area contributed by atoms with Gasteiger partial charge >= 0.3 is 0 Å². The SMILES string of the molecule is Cc1ccc([C@H](CNC(=O)c2csc(Cc3ccccc3)n2)N(C)C)o1. The molecule has 1 N–H and O–H groups in total. The molecule has 0 radical (unpaired) electrons. The number of hydrogen-bond donors (Lipinski definition) is 1. The highest BCUT2D eigenvalue weighted by Crippen LogP contribution is 2.20. The summed E-state index contributed by atoms with van der Waals surface area (Å²) in [6, 6.07) is 14.0. The fourth-order valence-electron chi connectivity index (χ4n) is 2.72. The van der Waals surface area contributed by atoms with Gasteiger partial charge in [0.05, 0.1) is 11.0 Å². The van der Waals surface area contributed by atoms with Crippen molar-refractivity contribution < 1.29 is 9.21 Å². The minimum Gasteiger partial charge on any atom is -0.465 e. The van der Waals surface area contributed by atoms with Crippen LogP contribution in [0.5, 0.6) is 0 Å². The molecule has 3 rings (SSSR count). The van der Waals surface area contributed by atoms with Crippen LogP contribution in [0.25, 0.3) is 0 Å². The first-order valence-corrected chi connectivity index (χ1v) is 9.40. The number of aryl methyl sites for hydroxylation is 1. The summed E-state index contributed by atoms with van der Waals surface area (Å²) in [5.74, 6) is 1.55. The molecular formula is C20H23N3O2S. The second-order valence-electron chi connectivity index (χ2n) is 6.43. The number of carbonyl (C=O) groups excluding carboxylic acids is 1. The van der Waals surface area contributed by atoms with Gasteiger partial charge in [0, 0.05) is 18.3 Å². The van der Waals surface area contributed by atoms with Crippen molar-refractivity contribution in [2.75, 3.05) is 20.6 Å². The first-order valence-electron chi connectivity index (χ1n) is 8.52. The number of carbonyl (C=O) groups is 1. The molecule has 26 heavy (non-hydrogen) atoms. The van der Waals surface area contributed by atoms with Crippen LogP contribution in [0.3, 0.4) is 0 Å². The number of furan rings is 1. The summed E-state index contributed by atoms with van der Waals surface area (Å²) in [4.78, 5) is 19.0. The van der Waals surface area contributed by atoms with Crippen molar-refractivity contribution in [2.45, 2.75) is 19.4 Å². The highest BCUT2D eigenvalue weighted by molar-refractivity contribution is 7.09. The number of amides is 1. The maximum atomic E-state index is 12.5. The van der Waals surface area contributed by atoms with Gasteiger partial charge in [-0.2, -0.15) is 0 Å². The Morgan fingerprint density at radius 2 is 2.00 bits per heavy atom. The van der Waals surface area contributed by atoms with Gasteiger partial charge in [-0.15, -0.1) is 11.3 Å². The molecule has 3 aromatic rings. The number of aromatic nitrogens is 1. The minimum absolute atomic E-state index is 0.0184. The van der Waals surface area contributed by atoms with E-state index in [-0.39, 0.29) is 11.9 Å². The van der Waals surface area contributed by atoms with Gasteiger partial charge in [0.25, 0.3) is 5.91 Å². The lowest BCUT2D eigenvalue weighted by Gasteiger charge is -2.22. The lowest BCUT2D eigenvalue weighted by molar-refractivity contribution is 0.0934. The molecule has 136 valence electrons. The van der Waals surface area contributed by atoms with Crippen molar-refractivity contribution in [1.82, 2.24) is 15.2 Å². The zero-order valence-electron chi connectivity index (χ0n) is 15.2. The maximum Gasteiger partial charge on any atom is 0.270 e. The van der Waals surface area contributed by atoms with Crippen LogP contribution < -0.4 is 5.32 Å². The molecule has 0 unspecified atom stereocenters. The molecule has 0 fully saturated rings. The van der Waals surface area contributed by atoms with Gasteiger partial charge in [-0.3, -0.25) is 9.69 Å². The molecule has 1 amide bonds. The van der Waals surface area contributed by atoms with E-state index < -0.39 is 0 Å². The van der Waals surface area contributed by atoms with E-state index in [1.54, 1.807) is 0 Å². The van der Waals surface area contributed by atoms with Crippen LogP contribution >= 0.6 is 11.3 Å². The Kier molecular flexibility index (Phi) is 5.85. The topological polar surface area (TPSA) is 58.4 Å². The highest BCUT2D eigenvalue weighted by Gasteiger charge is 2.20. The van der Waals surface area contributed by atoms with Crippen molar-refractivity contribution in [3.63, 3.8) is 0 Å². The Hall–Kier alpha value is -2.44. The van der Waals surface area contributed by atoms with Crippen LogP contribution in [0, 0.1) is 6.92 Å². The molecule has 0 saturated carbocycles. The summed E-state index contributed by atoms with van der Waals surface area (Å²) in [5, 5.41) is 5.72. The largest absolute Gasteiger partial charge is 0.465 e. The van der Waals surface area contributed by atoms with Gasteiger partial charge in [0.1, 0.15) is 17.2 Å². The van der Waals surface area contributed by atoms with Gasteiger partial charge in [-0.1, -0.05) is 30.3 Å². The number of benzene rings is 1. The van der Waals surface area contributed by atoms with E-state index in [2.05, 4.69) is 22.4 Å². The Bertz CT molecular complexity index is 855. The van der Waals surface area contributed by atoms with Gasteiger partial charge < -0.3 is 9.73 Å². The van der Waals surface area contributed by atoms with E-state index in [0.29, 0.717) is 12.2 Å². The molecule has 6 heteroatoms. The number of nitrogens with zero attached hydrogens (tertiary/aromatic N) is 2. The third-order valence-electron chi connectivity index (χ3n) is 4.15. The van der Waals surface area contributed by atoms with Gasteiger partial charge in [0.2, 0.25) is 0 Å². The molecule has 1 atom stereocenters. The molecule has 0 aliphatic carbocycles. The lowest BCUT2D eigenvalue weighted by atomic mass is 10.2. The van der Waals surface area contributed by atoms with Gasteiger partial charge in [-0.05, 0) is 38.7 Å². The summed E-state index contributed by atoms with van der Waals surface area (Å²) >= 11 is 1.51. The summed E-state index contributed by atoms with van der Waals surface area (Å²) in [5.41, 5.74) is 1.66. The third kappa shape index (κ3) is 4.59. The number of hydrogen-bond acceptors (Lipinski definition) is 5. The summed E-state index contributed by atoms with van der Waals surface area (Å²) in [6.07, 6.45) is 0.741. The first kappa shape index (κ1) is 18.4. The van der Waals surface area contributed by atoms with Crippen molar-refractivity contribution in [3.05, 3.63) is 75.6 Å². The molecule has 5 nitrogen and oxygen atoms in total. The second kappa shape index (κ2) is 8.29. The number of thiazole rings is 1. The lowest BCUT2D eigenvalue weighted by Crippen LogP contribution is -2.34. The van der Waals surface area contributed by atoms with Crippen LogP contribution in [0.15, 0.2) is 52.3 Å². The maximum absolute atomic E-state index is 12.5. The van der Waals surface area contributed by atoms with Crippen molar-refractivity contribution in [1.29, 1.82) is 0 Å². The zero-order chi connectivity index (χ0) is 18.5. The van der Waals surface area contributed by atoms with Crippen LogP contribution in [0.2, 0.25) is 0 Å². The van der Waals surface area contributed by atoms with Crippen molar-refractivity contribution in [2.24, 2.45) is 0 Å². The highest BCUT2D eigenvalue weighted by atomic mass is 32.1. The van der Waals surface area contributed by atoms with Crippen molar-refractivity contribution in [3.8, 4) is 0 Å². The molecule has 1 aromatic carbocycles. The van der Waals surface area contributed by atoms with Crippen LogP contribution in [0.4, 0.5) is 0 Å². The number of likely N-dealkylation sites (N-methyl/N-ethyl adjacent to an activating group) is 1. The Balaban J connectivity index is 1.61. The quantitative estimate of drug-likeness (QED) is 0.690.